The fourth-order valence-corrected chi connectivity index (χ4v) is 8.87. The molecule has 37 heavy (non-hydrogen) atoms. The number of unbranched alkanes of at least 4 members (excludes halogenated alkanes) is 3. The lowest BCUT2D eigenvalue weighted by molar-refractivity contribution is -0.139. The zero-order valence-electron chi connectivity index (χ0n) is 22.2. The van der Waals surface area contributed by atoms with Gasteiger partial charge in [0.2, 0.25) is 17.7 Å². The second-order valence-electron chi connectivity index (χ2n) is 10.5. The summed E-state index contributed by atoms with van der Waals surface area (Å²) in [5.74, 6) is -0.436. The molecule has 3 unspecified atom stereocenters. The van der Waals surface area contributed by atoms with Gasteiger partial charge in [-0.15, -0.1) is 11.8 Å². The van der Waals surface area contributed by atoms with Crippen LogP contribution in [0.15, 0.2) is 24.3 Å². The summed E-state index contributed by atoms with van der Waals surface area (Å²) in [5, 5.41) is 15.3. The van der Waals surface area contributed by atoms with Crippen molar-refractivity contribution < 1.29 is 24.2 Å². The van der Waals surface area contributed by atoms with Crippen molar-refractivity contribution in [1.29, 1.82) is 0 Å². The predicted octanol–water partition coefficient (Wildman–Crippen LogP) is 3.44. The van der Waals surface area contributed by atoms with E-state index >= 15 is 0 Å². The first kappa shape index (κ1) is 27.8. The minimum atomic E-state index is -0.601. The van der Waals surface area contributed by atoms with Crippen LogP contribution in [0, 0.1) is 17.8 Å². The van der Waals surface area contributed by atoms with Crippen LogP contribution >= 0.6 is 11.8 Å². The van der Waals surface area contributed by atoms with Crippen molar-refractivity contribution in [2.24, 2.45) is 17.8 Å². The number of thioether (sulfide) groups is 1. The van der Waals surface area contributed by atoms with E-state index in [4.69, 9.17) is 4.74 Å². The third kappa shape index (κ3) is 5.21. The summed E-state index contributed by atoms with van der Waals surface area (Å²) in [6, 6.07) is 6.70. The molecule has 6 atom stereocenters. The van der Waals surface area contributed by atoms with Gasteiger partial charge in [-0.1, -0.05) is 20.3 Å². The number of nitrogens with one attached hydrogen (secondary N) is 2. The molecule has 0 aliphatic carbocycles. The molecular weight excluding hydrogens is 490 g/mol. The average Bonchev–Trinajstić information content (AvgIpc) is 3.47. The molecule has 8 nitrogen and oxygen atoms in total. The van der Waals surface area contributed by atoms with Crippen LogP contribution in [0.25, 0.3) is 0 Å². The zero-order chi connectivity index (χ0) is 26.6. The van der Waals surface area contributed by atoms with Crippen molar-refractivity contribution in [3.63, 3.8) is 0 Å². The van der Waals surface area contributed by atoms with Crippen LogP contribution in [0.3, 0.4) is 0 Å². The maximum Gasteiger partial charge on any atom is 0.244 e. The number of carbonyl (C=O) groups is 3. The molecule has 3 aliphatic rings. The minimum absolute atomic E-state index is 0.00845. The van der Waals surface area contributed by atoms with Gasteiger partial charge in [-0.25, -0.2) is 0 Å². The van der Waals surface area contributed by atoms with Crippen LogP contribution in [0.2, 0.25) is 0 Å². The molecule has 1 aromatic rings. The van der Waals surface area contributed by atoms with Crippen LogP contribution in [0.4, 0.5) is 5.69 Å². The SMILES string of the molecule is CCCCNC(=O)C1N(CCCCCO)C(=O)[C@@H]2[C@H](C(=O)Nc3ccc(OCC)cc3)[C@@H]3CC(C)C12S3. The molecule has 0 radical (unpaired) electrons. The molecular formula is C28H41N3O5S. The molecule has 0 saturated carbocycles. The Labute approximate surface area is 224 Å². The molecule has 3 amide bonds. The Kier molecular flexibility index (Phi) is 9.06. The van der Waals surface area contributed by atoms with E-state index in [2.05, 4.69) is 24.5 Å². The molecule has 204 valence electrons. The van der Waals surface area contributed by atoms with E-state index in [1.807, 2.05) is 31.2 Å². The summed E-state index contributed by atoms with van der Waals surface area (Å²) < 4.78 is 4.90. The Morgan fingerprint density at radius 3 is 2.57 bits per heavy atom. The Bertz CT molecular complexity index is 973. The van der Waals surface area contributed by atoms with E-state index in [0.717, 1.165) is 37.9 Å². The second-order valence-corrected chi connectivity index (χ2v) is 12.0. The molecule has 9 heteroatoms. The van der Waals surface area contributed by atoms with Crippen molar-refractivity contribution >= 4 is 35.2 Å². The van der Waals surface area contributed by atoms with Gasteiger partial charge in [0.1, 0.15) is 11.8 Å². The summed E-state index contributed by atoms with van der Waals surface area (Å²) in [5.41, 5.74) is 0.670. The van der Waals surface area contributed by atoms with E-state index < -0.39 is 22.6 Å². The van der Waals surface area contributed by atoms with Crippen LogP contribution in [-0.4, -0.2) is 70.1 Å². The number of carbonyl (C=O) groups excluding carboxylic acids is 3. The summed E-state index contributed by atoms with van der Waals surface area (Å²) in [7, 11) is 0. The molecule has 2 bridgehead atoms. The lowest BCUT2D eigenvalue weighted by Crippen LogP contribution is -2.56. The van der Waals surface area contributed by atoms with E-state index in [9.17, 15) is 19.5 Å². The standard InChI is InChI=1S/C28H41N3O5S/c1-4-6-14-29-26(34)24-28-18(3)17-21(37-28)22(23(28)27(35)31(24)15-8-7-9-16-32)25(33)30-19-10-12-20(13-11-19)36-5-2/h10-13,18,21-24,32H,4-9,14-17H2,1-3H3,(H,29,34)(H,30,33)/t18?,21-,22+,23-,24?,28?/m0/s1. The normalized spacial score (nSPS) is 29.9. The maximum absolute atomic E-state index is 14.0. The third-order valence-corrected chi connectivity index (χ3v) is 10.2. The van der Waals surface area contributed by atoms with E-state index in [1.165, 1.54) is 0 Å². The number of ether oxygens (including phenoxy) is 1. The highest BCUT2D eigenvalue weighted by Crippen LogP contribution is 2.68. The van der Waals surface area contributed by atoms with Crippen LogP contribution in [-0.2, 0) is 14.4 Å². The zero-order valence-corrected chi connectivity index (χ0v) is 23.0. The molecule has 3 N–H and O–H groups in total. The highest BCUT2D eigenvalue weighted by Gasteiger charge is 2.75. The lowest BCUT2D eigenvalue weighted by atomic mass is 9.66. The van der Waals surface area contributed by atoms with Crippen LogP contribution in [0.5, 0.6) is 5.75 Å². The Morgan fingerprint density at radius 1 is 1.14 bits per heavy atom. The number of hydrogen-bond donors (Lipinski definition) is 3. The fraction of sp³-hybridized carbons (Fsp3) is 0.679. The number of anilines is 1. The monoisotopic (exact) mass is 531 g/mol. The quantitative estimate of drug-likeness (QED) is 0.337. The molecule has 4 rings (SSSR count). The second kappa shape index (κ2) is 12.1. The number of fused-ring (bicyclic) bond motifs is 1. The number of hydrogen-bond acceptors (Lipinski definition) is 6. The fourth-order valence-electron chi connectivity index (χ4n) is 6.44. The topological polar surface area (TPSA) is 108 Å². The first-order valence-electron chi connectivity index (χ1n) is 13.8. The molecule has 3 saturated heterocycles. The number of nitrogens with zero attached hydrogens (tertiary/aromatic N) is 1. The van der Waals surface area contributed by atoms with Gasteiger partial charge in [0.05, 0.1) is 23.2 Å². The summed E-state index contributed by atoms with van der Waals surface area (Å²) in [6.45, 7) is 7.87. The number of benzene rings is 1. The van der Waals surface area contributed by atoms with Gasteiger partial charge in [0, 0.05) is 30.6 Å². The van der Waals surface area contributed by atoms with Crippen LogP contribution < -0.4 is 15.4 Å². The van der Waals surface area contributed by atoms with Crippen molar-refractivity contribution in [2.75, 3.05) is 31.6 Å². The van der Waals surface area contributed by atoms with Gasteiger partial charge in [0.15, 0.2) is 0 Å². The van der Waals surface area contributed by atoms with Crippen LogP contribution in [0.1, 0.15) is 59.3 Å². The highest BCUT2D eigenvalue weighted by atomic mass is 32.2. The molecule has 0 aromatic heterocycles. The largest absolute Gasteiger partial charge is 0.494 e. The van der Waals surface area contributed by atoms with Crippen molar-refractivity contribution in [3.05, 3.63) is 24.3 Å². The molecule has 3 aliphatic heterocycles. The van der Waals surface area contributed by atoms with Crippen molar-refractivity contribution in [1.82, 2.24) is 10.2 Å². The summed E-state index contributed by atoms with van der Waals surface area (Å²) >= 11 is 1.70. The number of rotatable bonds is 13. The van der Waals surface area contributed by atoms with Gasteiger partial charge < -0.3 is 25.4 Å². The van der Waals surface area contributed by atoms with E-state index in [0.29, 0.717) is 31.8 Å². The minimum Gasteiger partial charge on any atom is -0.494 e. The van der Waals surface area contributed by atoms with Gasteiger partial charge >= 0.3 is 0 Å². The first-order valence-corrected chi connectivity index (χ1v) is 14.7. The number of amides is 3. The van der Waals surface area contributed by atoms with Crippen molar-refractivity contribution in [3.8, 4) is 5.75 Å². The number of aliphatic hydroxyl groups excluding tert-OH is 1. The first-order chi connectivity index (χ1) is 17.9. The third-order valence-electron chi connectivity index (χ3n) is 8.12. The average molecular weight is 532 g/mol. The number of likely N-dealkylation sites (tertiary alicyclic amines) is 1. The van der Waals surface area contributed by atoms with Crippen molar-refractivity contribution in [2.45, 2.75) is 75.3 Å². The van der Waals surface area contributed by atoms with Gasteiger partial charge in [-0.2, -0.15) is 0 Å². The summed E-state index contributed by atoms with van der Waals surface area (Å²) in [4.78, 5) is 43.0. The smallest absolute Gasteiger partial charge is 0.244 e. The molecule has 3 fully saturated rings. The predicted molar refractivity (Wildman–Crippen MR) is 145 cm³/mol. The van der Waals surface area contributed by atoms with E-state index in [-0.39, 0.29) is 35.5 Å². The Hall–Kier alpha value is -2.26. The number of aliphatic hydroxyl groups is 1. The molecule has 1 aromatic carbocycles. The summed E-state index contributed by atoms with van der Waals surface area (Å²) in [6.07, 6.45) is 4.85. The Balaban J connectivity index is 1.59. The Morgan fingerprint density at radius 2 is 1.89 bits per heavy atom. The van der Waals surface area contributed by atoms with Gasteiger partial charge in [0.25, 0.3) is 0 Å². The highest BCUT2D eigenvalue weighted by molar-refractivity contribution is 8.02. The molecule has 1 spiro atoms. The van der Waals surface area contributed by atoms with E-state index in [1.54, 1.807) is 16.7 Å². The van der Waals surface area contributed by atoms with Gasteiger partial charge in [-0.05, 0) is 69.2 Å². The van der Waals surface area contributed by atoms with Gasteiger partial charge in [-0.3, -0.25) is 14.4 Å². The lowest BCUT2D eigenvalue weighted by Gasteiger charge is -2.38. The molecule has 3 heterocycles. The maximum atomic E-state index is 14.0.